The third-order valence-corrected chi connectivity index (χ3v) is 5.19. The SMILES string of the molecule is COc1ccc(C2=Nc3cc(NC(=O)c4ccc(C(=O)NN)cc4)ccc3CC2)cc1. The molecule has 4 rings (SSSR count). The molecular weight excluding hydrogens is 392 g/mol. The van der Waals surface area contributed by atoms with Gasteiger partial charge in [0.05, 0.1) is 12.8 Å². The fourth-order valence-corrected chi connectivity index (χ4v) is 3.46. The lowest BCUT2D eigenvalue weighted by Gasteiger charge is -2.17. The van der Waals surface area contributed by atoms with E-state index in [1.54, 1.807) is 31.4 Å². The van der Waals surface area contributed by atoms with Gasteiger partial charge in [-0.25, -0.2) is 5.84 Å². The number of nitrogens with two attached hydrogens (primary N) is 1. The van der Waals surface area contributed by atoms with Gasteiger partial charge in [-0.3, -0.25) is 20.0 Å². The van der Waals surface area contributed by atoms with E-state index in [4.69, 9.17) is 15.6 Å². The molecule has 0 saturated carbocycles. The topological polar surface area (TPSA) is 106 Å². The van der Waals surface area contributed by atoms with Crippen LogP contribution in [0.4, 0.5) is 11.4 Å². The number of hydrazine groups is 1. The van der Waals surface area contributed by atoms with E-state index in [0.29, 0.717) is 16.8 Å². The second-order valence-electron chi connectivity index (χ2n) is 7.14. The molecule has 3 aromatic carbocycles. The van der Waals surface area contributed by atoms with Crippen molar-refractivity contribution in [3.05, 3.63) is 89.0 Å². The van der Waals surface area contributed by atoms with E-state index in [9.17, 15) is 9.59 Å². The molecule has 1 aliphatic rings. The van der Waals surface area contributed by atoms with E-state index in [1.807, 2.05) is 42.5 Å². The molecule has 31 heavy (non-hydrogen) atoms. The molecular formula is C24H22N4O3. The zero-order valence-corrected chi connectivity index (χ0v) is 17.0. The molecule has 4 N–H and O–H groups in total. The van der Waals surface area contributed by atoms with Gasteiger partial charge in [-0.1, -0.05) is 6.07 Å². The predicted molar refractivity (Wildman–Crippen MR) is 120 cm³/mol. The summed E-state index contributed by atoms with van der Waals surface area (Å²) in [6.07, 6.45) is 1.74. The number of nitrogen functional groups attached to an aromatic ring is 1. The predicted octanol–water partition coefficient (Wildman–Crippen LogP) is 3.62. The first-order valence-corrected chi connectivity index (χ1v) is 9.84. The summed E-state index contributed by atoms with van der Waals surface area (Å²) >= 11 is 0. The molecule has 3 aromatic rings. The highest BCUT2D eigenvalue weighted by molar-refractivity contribution is 6.06. The molecule has 1 heterocycles. The maximum Gasteiger partial charge on any atom is 0.265 e. The summed E-state index contributed by atoms with van der Waals surface area (Å²) < 4.78 is 5.22. The number of nitrogens with zero attached hydrogens (tertiary/aromatic N) is 1. The third-order valence-electron chi connectivity index (χ3n) is 5.19. The minimum Gasteiger partial charge on any atom is -0.497 e. The van der Waals surface area contributed by atoms with Crippen molar-refractivity contribution in [2.75, 3.05) is 12.4 Å². The summed E-state index contributed by atoms with van der Waals surface area (Å²) in [6, 6.07) is 19.9. The summed E-state index contributed by atoms with van der Waals surface area (Å²) in [5.74, 6) is 5.25. The summed E-state index contributed by atoms with van der Waals surface area (Å²) in [5.41, 5.74) is 7.60. The van der Waals surface area contributed by atoms with Crippen molar-refractivity contribution in [2.24, 2.45) is 10.8 Å². The van der Waals surface area contributed by atoms with Crippen LogP contribution in [0.1, 0.15) is 38.3 Å². The standard InChI is InChI=1S/C24H22N4O3/c1-31-20-11-7-15(8-12-20)21-13-9-16-6-10-19(14-22(16)27-21)26-23(29)17-2-4-18(5-3-17)24(30)28-25/h2-8,10-12,14H,9,13,25H2,1H3,(H,26,29)(H,28,30). The maximum atomic E-state index is 12.6. The largest absolute Gasteiger partial charge is 0.497 e. The molecule has 2 amide bonds. The van der Waals surface area contributed by atoms with Crippen LogP contribution in [0, 0.1) is 0 Å². The summed E-state index contributed by atoms with van der Waals surface area (Å²) in [4.78, 5) is 28.9. The van der Waals surface area contributed by atoms with Crippen LogP contribution in [0.2, 0.25) is 0 Å². The van der Waals surface area contributed by atoms with Crippen LogP contribution < -0.4 is 21.3 Å². The van der Waals surface area contributed by atoms with Crippen LogP contribution in [-0.2, 0) is 6.42 Å². The number of benzene rings is 3. The first kappa shape index (κ1) is 20.3. The lowest BCUT2D eigenvalue weighted by molar-refractivity contribution is 0.0952. The minimum atomic E-state index is -0.410. The number of ether oxygens (including phenoxy) is 1. The van der Waals surface area contributed by atoms with E-state index in [1.165, 1.54) is 0 Å². The van der Waals surface area contributed by atoms with Crippen molar-refractivity contribution in [3.8, 4) is 5.75 Å². The number of amides is 2. The first-order chi connectivity index (χ1) is 15.1. The van der Waals surface area contributed by atoms with Crippen molar-refractivity contribution < 1.29 is 14.3 Å². The zero-order valence-electron chi connectivity index (χ0n) is 17.0. The van der Waals surface area contributed by atoms with E-state index >= 15 is 0 Å². The quantitative estimate of drug-likeness (QED) is 0.337. The fourth-order valence-electron chi connectivity index (χ4n) is 3.46. The van der Waals surface area contributed by atoms with Crippen molar-refractivity contribution in [1.29, 1.82) is 0 Å². The highest BCUT2D eigenvalue weighted by Gasteiger charge is 2.15. The molecule has 0 unspecified atom stereocenters. The van der Waals surface area contributed by atoms with E-state index in [2.05, 4.69) is 10.7 Å². The van der Waals surface area contributed by atoms with Crippen molar-refractivity contribution >= 4 is 28.9 Å². The van der Waals surface area contributed by atoms with Gasteiger partial charge in [0.15, 0.2) is 0 Å². The number of aliphatic imine (C=N–C) groups is 1. The molecule has 0 bridgehead atoms. The van der Waals surface area contributed by atoms with Crippen LogP contribution in [-0.4, -0.2) is 24.6 Å². The van der Waals surface area contributed by atoms with Crippen molar-refractivity contribution in [2.45, 2.75) is 12.8 Å². The summed E-state index contributed by atoms with van der Waals surface area (Å²) in [5, 5.41) is 2.89. The normalized spacial score (nSPS) is 12.4. The average Bonchev–Trinajstić information content (AvgIpc) is 2.83. The van der Waals surface area contributed by atoms with Crippen LogP contribution in [0.15, 0.2) is 71.7 Å². The molecule has 0 atom stereocenters. The van der Waals surface area contributed by atoms with Gasteiger partial charge in [0.25, 0.3) is 11.8 Å². The molecule has 1 aliphatic heterocycles. The van der Waals surface area contributed by atoms with Crippen molar-refractivity contribution in [1.82, 2.24) is 5.43 Å². The van der Waals surface area contributed by atoms with E-state index in [0.717, 1.165) is 41.1 Å². The van der Waals surface area contributed by atoms with Gasteiger partial charge < -0.3 is 10.1 Å². The molecule has 7 nitrogen and oxygen atoms in total. The molecule has 0 aromatic heterocycles. The van der Waals surface area contributed by atoms with Gasteiger partial charge in [0.2, 0.25) is 0 Å². The Hall–Kier alpha value is -3.97. The van der Waals surface area contributed by atoms with Crippen molar-refractivity contribution in [3.63, 3.8) is 0 Å². The number of hydrogen-bond acceptors (Lipinski definition) is 5. The third kappa shape index (κ3) is 4.46. The molecule has 0 saturated heterocycles. The Labute approximate surface area is 179 Å². The number of carbonyl (C=O) groups is 2. The molecule has 0 aliphatic carbocycles. The van der Waals surface area contributed by atoms with Gasteiger partial charge in [0, 0.05) is 22.5 Å². The van der Waals surface area contributed by atoms with Crippen LogP contribution in [0.25, 0.3) is 0 Å². The number of nitrogens with one attached hydrogen (secondary N) is 2. The number of anilines is 1. The first-order valence-electron chi connectivity index (χ1n) is 9.84. The Balaban J connectivity index is 1.52. The second-order valence-corrected chi connectivity index (χ2v) is 7.14. The highest BCUT2D eigenvalue weighted by Crippen LogP contribution is 2.31. The lowest BCUT2D eigenvalue weighted by Crippen LogP contribution is -2.29. The molecule has 0 fully saturated rings. The van der Waals surface area contributed by atoms with Gasteiger partial charge in [-0.05, 0) is 84.6 Å². The molecule has 0 radical (unpaired) electrons. The van der Waals surface area contributed by atoms with Gasteiger partial charge >= 0.3 is 0 Å². The van der Waals surface area contributed by atoms with E-state index in [-0.39, 0.29) is 5.91 Å². The van der Waals surface area contributed by atoms with Crippen LogP contribution in [0.3, 0.4) is 0 Å². The lowest BCUT2D eigenvalue weighted by atomic mass is 9.97. The molecule has 7 heteroatoms. The second kappa shape index (κ2) is 8.81. The monoisotopic (exact) mass is 414 g/mol. The highest BCUT2D eigenvalue weighted by atomic mass is 16.5. The van der Waals surface area contributed by atoms with Gasteiger partial charge in [0.1, 0.15) is 5.75 Å². The Morgan fingerprint density at radius 2 is 1.58 bits per heavy atom. The summed E-state index contributed by atoms with van der Waals surface area (Å²) in [6.45, 7) is 0. The maximum absolute atomic E-state index is 12.6. The fraction of sp³-hybridized carbons (Fsp3) is 0.125. The van der Waals surface area contributed by atoms with Gasteiger partial charge in [-0.2, -0.15) is 0 Å². The number of rotatable bonds is 5. The minimum absolute atomic E-state index is 0.269. The van der Waals surface area contributed by atoms with Gasteiger partial charge in [-0.15, -0.1) is 0 Å². The smallest absolute Gasteiger partial charge is 0.265 e. The Kier molecular flexibility index (Phi) is 5.77. The Morgan fingerprint density at radius 3 is 2.23 bits per heavy atom. The number of fused-ring (bicyclic) bond motifs is 1. The average molecular weight is 414 g/mol. The summed E-state index contributed by atoms with van der Waals surface area (Å²) in [7, 11) is 1.64. The Bertz CT molecular complexity index is 1150. The van der Waals surface area contributed by atoms with Crippen LogP contribution in [0.5, 0.6) is 5.75 Å². The molecule has 156 valence electrons. The Morgan fingerprint density at radius 1 is 0.903 bits per heavy atom. The molecule has 0 spiro atoms. The number of methoxy groups -OCH3 is 1. The number of hydrogen-bond donors (Lipinski definition) is 3. The van der Waals surface area contributed by atoms with E-state index < -0.39 is 5.91 Å². The number of carbonyl (C=O) groups excluding carboxylic acids is 2. The zero-order chi connectivity index (χ0) is 21.8. The van der Waals surface area contributed by atoms with Crippen LogP contribution >= 0.6 is 0 Å². The number of aryl methyl sites for hydroxylation is 1.